The zero-order valence-electron chi connectivity index (χ0n) is 21.7. The number of aliphatic carboxylic acids is 1. The topological polar surface area (TPSA) is 170 Å². The minimum Gasteiger partial charge on any atom is -0.480 e. The van der Waals surface area contributed by atoms with Crippen molar-refractivity contribution in [2.45, 2.75) is 65.3 Å². The van der Waals surface area contributed by atoms with Gasteiger partial charge in [-0.2, -0.15) is 0 Å². The van der Waals surface area contributed by atoms with Crippen molar-refractivity contribution in [1.82, 2.24) is 0 Å². The van der Waals surface area contributed by atoms with E-state index >= 15 is 0 Å². The summed E-state index contributed by atoms with van der Waals surface area (Å²) in [6, 6.07) is 2.70. The molecule has 2 unspecified atom stereocenters. The number of benzene rings is 1. The molecule has 0 fully saturated rings. The fourth-order valence-corrected chi connectivity index (χ4v) is 3.19. The van der Waals surface area contributed by atoms with Crippen LogP contribution < -0.4 is 15.2 Å². The minimum atomic E-state index is -1.41. The molecule has 3 N–H and O–H groups in total. The summed E-state index contributed by atoms with van der Waals surface area (Å²) in [5.74, 6) is -3.14. The van der Waals surface area contributed by atoms with Crippen molar-refractivity contribution in [1.29, 1.82) is 0 Å². The number of carbonyl (C=O) groups is 4. The highest BCUT2D eigenvalue weighted by atomic mass is 16.7. The Hall–Kier alpha value is -3.54. The van der Waals surface area contributed by atoms with E-state index in [0.29, 0.717) is 24.8 Å². The maximum absolute atomic E-state index is 12.1. The number of rotatable bonds is 15. The molecule has 37 heavy (non-hydrogen) atoms. The average molecular weight is 528 g/mol. The fraction of sp³-hybridized carbons (Fsp3) is 0.600. The molecular weight excluding hydrogens is 490 g/mol. The van der Waals surface area contributed by atoms with Gasteiger partial charge in [0, 0.05) is 5.92 Å². The molecule has 1 aromatic rings. The first kappa shape index (κ1) is 31.5. The van der Waals surface area contributed by atoms with Gasteiger partial charge in [0.2, 0.25) is 0 Å². The molecule has 0 aromatic heterocycles. The lowest BCUT2D eigenvalue weighted by Gasteiger charge is -2.27. The zero-order valence-corrected chi connectivity index (χ0v) is 21.7. The summed E-state index contributed by atoms with van der Waals surface area (Å²) in [5, 5.41) is 9.60. The number of hydrogen-bond donors (Lipinski definition) is 2. The van der Waals surface area contributed by atoms with Crippen molar-refractivity contribution in [3.05, 3.63) is 23.8 Å². The predicted molar refractivity (Wildman–Crippen MR) is 131 cm³/mol. The lowest BCUT2D eigenvalue weighted by Crippen LogP contribution is -2.40. The largest absolute Gasteiger partial charge is 0.513 e. The Bertz CT molecular complexity index is 889. The van der Waals surface area contributed by atoms with E-state index in [-0.39, 0.29) is 37.9 Å². The summed E-state index contributed by atoms with van der Waals surface area (Å²) in [4.78, 5) is 47.7. The van der Waals surface area contributed by atoms with Crippen LogP contribution in [0, 0.1) is 5.92 Å². The standard InChI is InChI=1S/C25H37NO11/c1-5-8-13-34-23(29)35-15-16(4)20(21(26)22(27)28)17-9-10-18(36-24(30)32-11-6-2)19(14-17)37-25(31)33-12-7-3/h9-10,14,16,20-21H,5-8,11-13,15,26H2,1-4H3,(H,27,28)/t16?,20?,21-/m0/s1. The lowest BCUT2D eigenvalue weighted by molar-refractivity contribution is -0.139. The van der Waals surface area contributed by atoms with Crippen LogP contribution in [0.4, 0.5) is 14.4 Å². The Balaban J connectivity index is 3.23. The summed E-state index contributed by atoms with van der Waals surface area (Å²) < 4.78 is 30.3. The van der Waals surface area contributed by atoms with Crippen LogP contribution in [0.15, 0.2) is 18.2 Å². The van der Waals surface area contributed by atoms with Crippen molar-refractivity contribution < 1.29 is 52.7 Å². The molecule has 0 heterocycles. The highest BCUT2D eigenvalue weighted by molar-refractivity contribution is 5.75. The molecule has 0 aliphatic heterocycles. The molecule has 0 radical (unpaired) electrons. The summed E-state index contributed by atoms with van der Waals surface area (Å²) in [5.41, 5.74) is 6.31. The second-order valence-electron chi connectivity index (χ2n) is 8.24. The minimum absolute atomic E-state index is 0.0997. The number of nitrogens with two attached hydrogens (primary N) is 1. The van der Waals surface area contributed by atoms with Crippen LogP contribution in [-0.4, -0.2) is 62.0 Å². The van der Waals surface area contributed by atoms with E-state index in [4.69, 9.17) is 34.2 Å². The SMILES string of the molecule is CCCCOC(=O)OCC(C)C(c1ccc(OC(=O)OCCC)c(OC(=O)OCCC)c1)[C@H](N)C(=O)O. The molecule has 3 atom stereocenters. The maximum atomic E-state index is 12.1. The van der Waals surface area contributed by atoms with Crippen LogP contribution in [0.3, 0.4) is 0 Å². The second-order valence-corrected chi connectivity index (χ2v) is 8.24. The Labute approximate surface area is 216 Å². The van der Waals surface area contributed by atoms with Crippen molar-refractivity contribution in [3.8, 4) is 11.5 Å². The average Bonchev–Trinajstić information content (AvgIpc) is 2.86. The van der Waals surface area contributed by atoms with Crippen LogP contribution >= 0.6 is 0 Å². The Morgan fingerprint density at radius 2 is 1.38 bits per heavy atom. The smallest absolute Gasteiger partial charge is 0.480 e. The van der Waals surface area contributed by atoms with Gasteiger partial charge in [0.05, 0.1) is 26.4 Å². The molecule has 0 spiro atoms. The van der Waals surface area contributed by atoms with E-state index in [0.717, 1.165) is 6.42 Å². The molecule has 0 saturated carbocycles. The number of hydrogen-bond acceptors (Lipinski definition) is 11. The van der Waals surface area contributed by atoms with Crippen LogP contribution in [-0.2, 0) is 23.7 Å². The molecule has 0 saturated heterocycles. The number of unbranched alkanes of at least 4 members (excludes halogenated alkanes) is 1. The van der Waals surface area contributed by atoms with Gasteiger partial charge in [-0.25, -0.2) is 14.4 Å². The van der Waals surface area contributed by atoms with Gasteiger partial charge in [-0.05, 0) is 42.9 Å². The molecule has 12 nitrogen and oxygen atoms in total. The number of carbonyl (C=O) groups excluding carboxylic acids is 3. The van der Waals surface area contributed by atoms with Crippen LogP contribution in [0.2, 0.25) is 0 Å². The van der Waals surface area contributed by atoms with Gasteiger partial charge in [-0.3, -0.25) is 4.79 Å². The number of ether oxygens (including phenoxy) is 6. The van der Waals surface area contributed by atoms with E-state index in [9.17, 15) is 24.3 Å². The first-order valence-corrected chi connectivity index (χ1v) is 12.3. The van der Waals surface area contributed by atoms with Gasteiger partial charge < -0.3 is 39.3 Å². The van der Waals surface area contributed by atoms with Crippen molar-refractivity contribution in [2.24, 2.45) is 11.7 Å². The molecule has 208 valence electrons. The quantitative estimate of drug-likeness (QED) is 0.141. The Morgan fingerprint density at radius 1 is 0.811 bits per heavy atom. The van der Waals surface area contributed by atoms with Crippen molar-refractivity contribution >= 4 is 24.4 Å². The molecule has 0 aliphatic carbocycles. The van der Waals surface area contributed by atoms with Crippen LogP contribution in [0.1, 0.15) is 64.9 Å². The molecule has 1 aromatic carbocycles. The van der Waals surface area contributed by atoms with E-state index in [1.165, 1.54) is 18.2 Å². The highest BCUT2D eigenvalue weighted by Gasteiger charge is 2.33. The van der Waals surface area contributed by atoms with E-state index in [1.54, 1.807) is 13.8 Å². The summed E-state index contributed by atoms with van der Waals surface area (Å²) >= 11 is 0. The van der Waals surface area contributed by atoms with Crippen LogP contribution in [0.25, 0.3) is 0 Å². The third kappa shape index (κ3) is 11.4. The zero-order chi connectivity index (χ0) is 27.8. The van der Waals surface area contributed by atoms with E-state index < -0.39 is 42.3 Å². The summed E-state index contributed by atoms with van der Waals surface area (Å²) in [6.07, 6.45) is -0.288. The highest BCUT2D eigenvalue weighted by Crippen LogP contribution is 2.36. The third-order valence-corrected chi connectivity index (χ3v) is 5.05. The number of carboxylic acid groups (broad SMARTS) is 1. The maximum Gasteiger partial charge on any atom is 0.513 e. The molecule has 0 aliphatic rings. The molecule has 0 amide bonds. The van der Waals surface area contributed by atoms with Gasteiger partial charge in [-0.15, -0.1) is 0 Å². The Morgan fingerprint density at radius 3 is 1.92 bits per heavy atom. The molecular formula is C25H37NO11. The van der Waals surface area contributed by atoms with Gasteiger partial charge in [0.25, 0.3) is 0 Å². The fourth-order valence-electron chi connectivity index (χ4n) is 3.19. The van der Waals surface area contributed by atoms with Crippen molar-refractivity contribution in [3.63, 3.8) is 0 Å². The van der Waals surface area contributed by atoms with Gasteiger partial charge in [0.1, 0.15) is 6.04 Å². The van der Waals surface area contributed by atoms with E-state index in [1.807, 2.05) is 13.8 Å². The van der Waals surface area contributed by atoms with Gasteiger partial charge in [0.15, 0.2) is 11.5 Å². The second kappa shape index (κ2) is 17.0. The predicted octanol–water partition coefficient (Wildman–Crippen LogP) is 4.62. The monoisotopic (exact) mass is 527 g/mol. The third-order valence-electron chi connectivity index (χ3n) is 5.05. The molecule has 1 rings (SSSR count). The summed E-state index contributed by atoms with van der Waals surface area (Å²) in [7, 11) is 0. The van der Waals surface area contributed by atoms with Crippen molar-refractivity contribution in [2.75, 3.05) is 26.4 Å². The van der Waals surface area contributed by atoms with Gasteiger partial charge in [-0.1, -0.05) is 40.2 Å². The van der Waals surface area contributed by atoms with E-state index in [2.05, 4.69) is 0 Å². The normalized spacial score (nSPS) is 13.0. The van der Waals surface area contributed by atoms with Gasteiger partial charge >= 0.3 is 24.4 Å². The molecule has 12 heteroatoms. The number of carboxylic acids is 1. The lowest BCUT2D eigenvalue weighted by atomic mass is 9.82. The first-order valence-electron chi connectivity index (χ1n) is 12.3. The molecule has 0 bridgehead atoms. The first-order chi connectivity index (χ1) is 17.6. The Kier molecular flexibility index (Phi) is 14.5. The summed E-state index contributed by atoms with van der Waals surface area (Å²) in [6.45, 7) is 7.44. The van der Waals surface area contributed by atoms with Crippen LogP contribution in [0.5, 0.6) is 11.5 Å².